The number of thiazole rings is 1. The monoisotopic (exact) mass is 277 g/mol. The second-order valence-electron chi connectivity index (χ2n) is 5.15. The van der Waals surface area contributed by atoms with Crippen molar-refractivity contribution in [2.75, 3.05) is 18.2 Å². The fraction of sp³-hybridized carbons (Fsp3) is 0.500. The first-order chi connectivity index (χ1) is 9.15. The van der Waals surface area contributed by atoms with Crippen LogP contribution < -0.4 is 11.1 Å². The number of rotatable bonds is 3. The van der Waals surface area contributed by atoms with Gasteiger partial charge in [-0.25, -0.2) is 4.98 Å². The summed E-state index contributed by atoms with van der Waals surface area (Å²) in [6.45, 7) is 2.02. The second kappa shape index (κ2) is 4.98. The highest BCUT2D eigenvalue weighted by Crippen LogP contribution is 2.32. The van der Waals surface area contributed by atoms with E-state index < -0.39 is 0 Å². The Kier molecular flexibility index (Phi) is 3.33. The zero-order chi connectivity index (χ0) is 13.4. The third-order valence-corrected chi connectivity index (χ3v) is 4.68. The molecular weight excluding hydrogens is 258 g/mol. The maximum Gasteiger partial charge on any atom is 0.0907 e. The van der Waals surface area contributed by atoms with Gasteiger partial charge in [0.15, 0.2) is 0 Å². The van der Waals surface area contributed by atoms with E-state index in [9.17, 15) is 0 Å². The average molecular weight is 277 g/mol. The molecule has 3 N–H and O–H groups in total. The van der Waals surface area contributed by atoms with Gasteiger partial charge in [0, 0.05) is 13.2 Å². The van der Waals surface area contributed by atoms with E-state index in [-0.39, 0.29) is 0 Å². The molecule has 1 aromatic carbocycles. The van der Waals surface area contributed by atoms with Crippen LogP contribution in [-0.2, 0) is 4.74 Å². The molecule has 2 atom stereocenters. The summed E-state index contributed by atoms with van der Waals surface area (Å²) in [5, 5.41) is 4.61. The quantitative estimate of drug-likeness (QED) is 0.846. The Morgan fingerprint density at radius 2 is 2.26 bits per heavy atom. The summed E-state index contributed by atoms with van der Waals surface area (Å²) in [5.41, 5.74) is 8.96. The van der Waals surface area contributed by atoms with Gasteiger partial charge in [0.2, 0.25) is 0 Å². The van der Waals surface area contributed by atoms with Crippen molar-refractivity contribution in [3.8, 4) is 0 Å². The lowest BCUT2D eigenvalue weighted by Gasteiger charge is -2.16. The number of hydrogen-bond acceptors (Lipinski definition) is 5. The molecule has 1 aromatic heterocycles. The van der Waals surface area contributed by atoms with Gasteiger partial charge < -0.3 is 15.8 Å². The van der Waals surface area contributed by atoms with Crippen LogP contribution >= 0.6 is 11.3 Å². The van der Waals surface area contributed by atoms with Crippen molar-refractivity contribution in [3.63, 3.8) is 0 Å². The number of nitrogen functional groups attached to an aromatic ring is 1. The Labute approximate surface area is 117 Å². The third kappa shape index (κ3) is 2.53. The minimum Gasteiger partial charge on any atom is -0.397 e. The number of ether oxygens (including phenoxy) is 1. The van der Waals surface area contributed by atoms with E-state index >= 15 is 0 Å². The second-order valence-corrected chi connectivity index (χ2v) is 6.39. The van der Waals surface area contributed by atoms with Gasteiger partial charge in [-0.1, -0.05) is 0 Å². The molecule has 1 heterocycles. The number of methoxy groups -OCH3 is 1. The number of aromatic nitrogens is 1. The Balaban J connectivity index is 1.82. The van der Waals surface area contributed by atoms with Gasteiger partial charge in [-0.2, -0.15) is 0 Å². The maximum absolute atomic E-state index is 6.13. The van der Waals surface area contributed by atoms with E-state index in [1.807, 2.05) is 13.0 Å². The fourth-order valence-corrected chi connectivity index (χ4v) is 3.59. The first kappa shape index (κ1) is 12.7. The predicted octanol–water partition coefficient (Wildman–Crippen LogP) is 3.17. The number of nitrogens with zero attached hydrogens (tertiary/aromatic N) is 1. The molecule has 1 aliphatic rings. The van der Waals surface area contributed by atoms with Gasteiger partial charge in [0.05, 0.1) is 32.7 Å². The minimum atomic E-state index is 0.379. The highest BCUT2D eigenvalue weighted by atomic mass is 32.1. The van der Waals surface area contributed by atoms with Crippen molar-refractivity contribution in [3.05, 3.63) is 17.1 Å². The van der Waals surface area contributed by atoms with E-state index in [0.717, 1.165) is 45.9 Å². The van der Waals surface area contributed by atoms with Crippen molar-refractivity contribution in [1.29, 1.82) is 0 Å². The zero-order valence-corrected chi connectivity index (χ0v) is 12.1. The molecule has 0 radical (unpaired) electrons. The SMILES string of the molecule is COC1CCC(Nc2cc3nc(C)sc3cc2N)C1. The van der Waals surface area contributed by atoms with Crippen LogP contribution in [0.25, 0.3) is 10.2 Å². The molecule has 5 heteroatoms. The third-order valence-electron chi connectivity index (χ3n) is 3.74. The highest BCUT2D eigenvalue weighted by Gasteiger charge is 2.24. The van der Waals surface area contributed by atoms with E-state index in [2.05, 4.69) is 16.4 Å². The lowest BCUT2D eigenvalue weighted by atomic mass is 10.2. The summed E-state index contributed by atoms with van der Waals surface area (Å²) in [6, 6.07) is 4.53. The Hall–Kier alpha value is -1.33. The highest BCUT2D eigenvalue weighted by molar-refractivity contribution is 7.18. The van der Waals surface area contributed by atoms with Crippen LogP contribution in [0, 0.1) is 6.92 Å². The maximum atomic E-state index is 6.13. The Morgan fingerprint density at radius 3 is 3.00 bits per heavy atom. The molecule has 1 saturated carbocycles. The van der Waals surface area contributed by atoms with E-state index in [0.29, 0.717) is 12.1 Å². The van der Waals surface area contributed by atoms with Gasteiger partial charge in [0.1, 0.15) is 0 Å². The Bertz CT molecular complexity index is 596. The number of nitrogens with one attached hydrogen (secondary N) is 1. The van der Waals surface area contributed by atoms with Crippen molar-refractivity contribution in [2.45, 2.75) is 38.3 Å². The Morgan fingerprint density at radius 1 is 1.42 bits per heavy atom. The van der Waals surface area contributed by atoms with Crippen LogP contribution in [0.3, 0.4) is 0 Å². The number of aryl methyl sites for hydroxylation is 1. The van der Waals surface area contributed by atoms with Crippen LogP contribution in [0.15, 0.2) is 12.1 Å². The fourth-order valence-electron chi connectivity index (χ4n) is 2.74. The number of anilines is 2. The molecule has 1 aliphatic carbocycles. The van der Waals surface area contributed by atoms with Crippen molar-refractivity contribution in [1.82, 2.24) is 4.98 Å². The van der Waals surface area contributed by atoms with Crippen molar-refractivity contribution in [2.24, 2.45) is 0 Å². The zero-order valence-electron chi connectivity index (χ0n) is 11.3. The molecule has 102 valence electrons. The van der Waals surface area contributed by atoms with Gasteiger partial charge >= 0.3 is 0 Å². The molecule has 4 nitrogen and oxygen atoms in total. The summed E-state index contributed by atoms with van der Waals surface area (Å²) in [4.78, 5) is 4.52. The van der Waals surface area contributed by atoms with Crippen LogP contribution in [0.4, 0.5) is 11.4 Å². The van der Waals surface area contributed by atoms with Gasteiger partial charge in [-0.3, -0.25) is 0 Å². The molecule has 3 rings (SSSR count). The van der Waals surface area contributed by atoms with Crippen LogP contribution in [0.2, 0.25) is 0 Å². The molecular formula is C14H19N3OS. The average Bonchev–Trinajstić information content (AvgIpc) is 2.95. The molecule has 19 heavy (non-hydrogen) atoms. The normalized spacial score (nSPS) is 23.1. The molecule has 0 aliphatic heterocycles. The van der Waals surface area contributed by atoms with Crippen molar-refractivity contribution < 1.29 is 4.74 Å². The summed E-state index contributed by atoms with van der Waals surface area (Å²) < 4.78 is 6.56. The van der Waals surface area contributed by atoms with Crippen LogP contribution in [0.5, 0.6) is 0 Å². The van der Waals surface area contributed by atoms with Crippen LogP contribution in [-0.4, -0.2) is 24.2 Å². The van der Waals surface area contributed by atoms with E-state index in [1.165, 1.54) is 0 Å². The molecule has 0 spiro atoms. The molecule has 0 bridgehead atoms. The summed E-state index contributed by atoms with van der Waals surface area (Å²) in [7, 11) is 1.78. The topological polar surface area (TPSA) is 60.2 Å². The van der Waals surface area contributed by atoms with Crippen LogP contribution in [0.1, 0.15) is 24.3 Å². The van der Waals surface area contributed by atoms with Gasteiger partial charge in [0.25, 0.3) is 0 Å². The summed E-state index contributed by atoms with van der Waals surface area (Å²) in [6.07, 6.45) is 3.67. The van der Waals surface area contributed by atoms with Gasteiger partial charge in [-0.05, 0) is 38.3 Å². The molecule has 0 saturated heterocycles. The molecule has 1 fully saturated rings. The number of fused-ring (bicyclic) bond motifs is 1. The summed E-state index contributed by atoms with van der Waals surface area (Å²) >= 11 is 1.68. The van der Waals surface area contributed by atoms with E-state index in [1.54, 1.807) is 18.4 Å². The largest absolute Gasteiger partial charge is 0.397 e. The lowest BCUT2D eigenvalue weighted by molar-refractivity contribution is 0.108. The summed E-state index contributed by atoms with van der Waals surface area (Å²) in [5.74, 6) is 0. The van der Waals surface area contributed by atoms with Gasteiger partial charge in [-0.15, -0.1) is 11.3 Å². The number of hydrogen-bond donors (Lipinski definition) is 2. The number of nitrogens with two attached hydrogens (primary N) is 1. The standard InChI is InChI=1S/C14H19N3OS/c1-8-16-13-7-12(11(15)6-14(13)19-8)17-9-3-4-10(5-9)18-2/h6-7,9-10,17H,3-5,15H2,1-2H3. The minimum absolute atomic E-state index is 0.379. The number of benzene rings is 1. The lowest BCUT2D eigenvalue weighted by Crippen LogP contribution is -2.18. The molecule has 0 amide bonds. The van der Waals surface area contributed by atoms with E-state index in [4.69, 9.17) is 10.5 Å². The predicted molar refractivity (Wildman–Crippen MR) is 80.8 cm³/mol. The van der Waals surface area contributed by atoms with Crippen molar-refractivity contribution >= 4 is 32.9 Å². The first-order valence-electron chi connectivity index (χ1n) is 6.61. The molecule has 2 aromatic rings. The first-order valence-corrected chi connectivity index (χ1v) is 7.43. The molecule has 2 unspecified atom stereocenters. The smallest absolute Gasteiger partial charge is 0.0907 e.